The first-order chi connectivity index (χ1) is 11.9. The van der Waals surface area contributed by atoms with Crippen LogP contribution in [0.2, 0.25) is 0 Å². The molecular weight excluding hydrogens is 366 g/mol. The second-order valence-corrected chi connectivity index (χ2v) is 5.31. The Morgan fingerprint density at radius 3 is 1.46 bits per heavy atom. The van der Waals surface area contributed by atoms with Gasteiger partial charge in [-0.15, -0.1) is 0 Å². The van der Waals surface area contributed by atoms with Crippen LogP contribution in [0.5, 0.6) is 0 Å². The van der Waals surface area contributed by atoms with Crippen molar-refractivity contribution in [3.63, 3.8) is 0 Å². The second-order valence-electron chi connectivity index (χ2n) is 5.31. The SMILES string of the molecule is CC(C(=O)c1ccnc(C(F)(F)F)c1)C(=O)c1ccnc(C(F)(F)F)c1. The fourth-order valence-corrected chi connectivity index (χ4v) is 2.10. The van der Waals surface area contributed by atoms with E-state index in [1.165, 1.54) is 0 Å². The average molecular weight is 376 g/mol. The monoisotopic (exact) mass is 376 g/mol. The zero-order valence-corrected chi connectivity index (χ0v) is 13.0. The highest BCUT2D eigenvalue weighted by atomic mass is 19.4. The third kappa shape index (κ3) is 4.24. The van der Waals surface area contributed by atoms with Crippen molar-refractivity contribution in [3.05, 3.63) is 59.2 Å². The van der Waals surface area contributed by atoms with Gasteiger partial charge >= 0.3 is 12.4 Å². The van der Waals surface area contributed by atoms with Crippen LogP contribution in [-0.2, 0) is 12.4 Å². The third-order valence-corrected chi connectivity index (χ3v) is 3.46. The van der Waals surface area contributed by atoms with Crippen LogP contribution in [0.3, 0.4) is 0 Å². The number of pyridine rings is 2. The van der Waals surface area contributed by atoms with Crippen molar-refractivity contribution in [1.82, 2.24) is 9.97 Å². The standard InChI is InChI=1S/C16H10F6N2O2/c1-8(13(25)9-2-4-23-11(6-9)15(17,18)19)14(26)10-3-5-24-12(7-10)16(20,21)22/h2-8H,1H3. The Bertz CT molecular complexity index is 776. The molecule has 2 aromatic rings. The van der Waals surface area contributed by atoms with Gasteiger partial charge in [-0.05, 0) is 31.2 Å². The number of nitrogens with zero attached hydrogens (tertiary/aromatic N) is 2. The minimum Gasteiger partial charge on any atom is -0.293 e. The summed E-state index contributed by atoms with van der Waals surface area (Å²) in [6, 6.07) is 2.96. The Hall–Kier alpha value is -2.78. The van der Waals surface area contributed by atoms with E-state index < -0.39 is 52.4 Å². The minimum atomic E-state index is -4.78. The highest BCUT2D eigenvalue weighted by Gasteiger charge is 2.35. The molecule has 0 N–H and O–H groups in total. The predicted molar refractivity (Wildman–Crippen MR) is 76.3 cm³/mol. The summed E-state index contributed by atoms with van der Waals surface area (Å²) in [6.45, 7) is 1.10. The summed E-state index contributed by atoms with van der Waals surface area (Å²) in [6.07, 6.45) is -8.03. The van der Waals surface area contributed by atoms with Crippen molar-refractivity contribution < 1.29 is 35.9 Å². The fraction of sp³-hybridized carbons (Fsp3) is 0.250. The molecule has 0 saturated heterocycles. The number of hydrogen-bond acceptors (Lipinski definition) is 4. The summed E-state index contributed by atoms with van der Waals surface area (Å²) >= 11 is 0. The van der Waals surface area contributed by atoms with Crippen LogP contribution in [0.15, 0.2) is 36.7 Å². The van der Waals surface area contributed by atoms with E-state index in [2.05, 4.69) is 9.97 Å². The number of rotatable bonds is 4. The lowest BCUT2D eigenvalue weighted by Gasteiger charge is -2.12. The molecule has 0 atom stereocenters. The van der Waals surface area contributed by atoms with Crippen LogP contribution in [0.4, 0.5) is 26.3 Å². The van der Waals surface area contributed by atoms with Gasteiger partial charge in [-0.1, -0.05) is 0 Å². The van der Waals surface area contributed by atoms with Gasteiger partial charge in [0.05, 0.1) is 5.92 Å². The molecule has 0 unspecified atom stereocenters. The predicted octanol–water partition coefficient (Wildman–Crippen LogP) is 4.22. The van der Waals surface area contributed by atoms with Gasteiger partial charge in [0.15, 0.2) is 11.6 Å². The van der Waals surface area contributed by atoms with Crippen LogP contribution >= 0.6 is 0 Å². The van der Waals surface area contributed by atoms with Gasteiger partial charge in [-0.2, -0.15) is 26.3 Å². The summed E-state index contributed by atoms with van der Waals surface area (Å²) in [7, 11) is 0. The van der Waals surface area contributed by atoms with Gasteiger partial charge in [0.2, 0.25) is 0 Å². The van der Waals surface area contributed by atoms with Crippen molar-refractivity contribution in [1.29, 1.82) is 0 Å². The molecule has 0 aromatic carbocycles. The maximum atomic E-state index is 12.7. The molecule has 0 spiro atoms. The molecule has 2 heterocycles. The number of alkyl halides is 6. The van der Waals surface area contributed by atoms with Crippen molar-refractivity contribution >= 4 is 11.6 Å². The number of Topliss-reactive ketones (excluding diaryl/α,β-unsaturated/α-hetero) is 2. The Morgan fingerprint density at radius 1 is 0.808 bits per heavy atom. The van der Waals surface area contributed by atoms with Crippen LogP contribution in [0.25, 0.3) is 0 Å². The number of carbonyl (C=O) groups is 2. The first kappa shape index (κ1) is 19.5. The Kier molecular flexibility index (Phi) is 5.15. The number of halogens is 6. The molecule has 0 saturated carbocycles. The minimum absolute atomic E-state index is 0.418. The highest BCUT2D eigenvalue weighted by molar-refractivity contribution is 6.15. The summed E-state index contributed by atoms with van der Waals surface area (Å²) in [4.78, 5) is 30.7. The van der Waals surface area contributed by atoms with Crippen molar-refractivity contribution in [2.75, 3.05) is 0 Å². The van der Waals surface area contributed by atoms with Gasteiger partial charge in [-0.25, -0.2) is 0 Å². The molecule has 2 rings (SSSR count). The third-order valence-electron chi connectivity index (χ3n) is 3.46. The highest BCUT2D eigenvalue weighted by Crippen LogP contribution is 2.30. The van der Waals surface area contributed by atoms with Crippen molar-refractivity contribution in [2.24, 2.45) is 5.92 Å². The molecule has 0 aliphatic rings. The van der Waals surface area contributed by atoms with Crippen LogP contribution in [0, 0.1) is 5.92 Å². The lowest BCUT2D eigenvalue weighted by molar-refractivity contribution is -0.142. The maximum Gasteiger partial charge on any atom is 0.433 e. The van der Waals surface area contributed by atoms with Crippen LogP contribution in [0.1, 0.15) is 39.0 Å². The molecule has 10 heteroatoms. The van der Waals surface area contributed by atoms with Gasteiger partial charge < -0.3 is 0 Å². The second kappa shape index (κ2) is 6.85. The Labute approximate surface area is 142 Å². The van der Waals surface area contributed by atoms with E-state index in [1.54, 1.807) is 0 Å². The zero-order valence-electron chi connectivity index (χ0n) is 13.0. The smallest absolute Gasteiger partial charge is 0.293 e. The number of aromatic nitrogens is 2. The molecule has 138 valence electrons. The number of ketones is 2. The van der Waals surface area contributed by atoms with Gasteiger partial charge in [0.25, 0.3) is 0 Å². The maximum absolute atomic E-state index is 12.7. The van der Waals surface area contributed by atoms with E-state index >= 15 is 0 Å². The summed E-state index contributed by atoms with van der Waals surface area (Å²) in [5, 5.41) is 0. The van der Waals surface area contributed by atoms with E-state index in [1.807, 2.05) is 0 Å². The largest absolute Gasteiger partial charge is 0.433 e. The molecule has 26 heavy (non-hydrogen) atoms. The van der Waals surface area contributed by atoms with E-state index in [-0.39, 0.29) is 0 Å². The summed E-state index contributed by atoms with van der Waals surface area (Å²) in [5.41, 5.74) is -3.46. The lowest BCUT2D eigenvalue weighted by atomic mass is 9.92. The Morgan fingerprint density at radius 2 is 1.15 bits per heavy atom. The normalized spacial score (nSPS) is 12.3. The molecule has 2 aromatic heterocycles. The van der Waals surface area contributed by atoms with Crippen LogP contribution in [-0.4, -0.2) is 21.5 Å². The summed E-state index contributed by atoms with van der Waals surface area (Å²) < 4.78 is 75.9. The van der Waals surface area contributed by atoms with Gasteiger partial charge in [0, 0.05) is 23.5 Å². The van der Waals surface area contributed by atoms with E-state index in [0.29, 0.717) is 12.1 Å². The van der Waals surface area contributed by atoms with E-state index in [9.17, 15) is 35.9 Å². The molecule has 0 aliphatic heterocycles. The molecule has 4 nitrogen and oxygen atoms in total. The number of carbonyl (C=O) groups excluding carboxylic acids is 2. The van der Waals surface area contributed by atoms with E-state index in [4.69, 9.17) is 0 Å². The molecule has 0 bridgehead atoms. The molecule has 0 radical (unpaired) electrons. The molecule has 0 fully saturated rings. The van der Waals surface area contributed by atoms with Gasteiger partial charge in [0.1, 0.15) is 11.4 Å². The molecule has 0 aliphatic carbocycles. The topological polar surface area (TPSA) is 59.9 Å². The van der Waals surface area contributed by atoms with Crippen molar-refractivity contribution in [2.45, 2.75) is 19.3 Å². The lowest BCUT2D eigenvalue weighted by Crippen LogP contribution is -2.23. The van der Waals surface area contributed by atoms with Gasteiger partial charge in [-0.3, -0.25) is 19.6 Å². The number of hydrogen-bond donors (Lipinski definition) is 0. The fourth-order valence-electron chi connectivity index (χ4n) is 2.10. The first-order valence-electron chi connectivity index (χ1n) is 7.06. The summed E-state index contributed by atoms with van der Waals surface area (Å²) in [5.74, 6) is -3.41. The quantitative estimate of drug-likeness (QED) is 0.456. The van der Waals surface area contributed by atoms with E-state index in [0.717, 1.165) is 31.5 Å². The van der Waals surface area contributed by atoms with Crippen molar-refractivity contribution in [3.8, 4) is 0 Å². The van der Waals surface area contributed by atoms with Crippen LogP contribution < -0.4 is 0 Å². The molecule has 0 amide bonds. The molecular formula is C16H10F6N2O2. The zero-order chi connectivity index (χ0) is 19.7. The Balaban J connectivity index is 2.30. The first-order valence-corrected chi connectivity index (χ1v) is 7.06. The average Bonchev–Trinajstić information content (AvgIpc) is 2.58.